The van der Waals surface area contributed by atoms with Crippen LogP contribution in [0.2, 0.25) is 0 Å². The molecule has 0 spiro atoms. The molecule has 23 heavy (non-hydrogen) atoms. The van der Waals surface area contributed by atoms with Crippen LogP contribution in [0.15, 0.2) is 56.6 Å². The molecule has 0 saturated heterocycles. The Morgan fingerprint density at radius 3 is 2.65 bits per heavy atom. The molecule has 1 amide bonds. The first-order chi connectivity index (χ1) is 10.9. The molecule has 8 nitrogen and oxygen atoms in total. The zero-order chi connectivity index (χ0) is 16.6. The Balaban J connectivity index is 2.04. The van der Waals surface area contributed by atoms with Crippen LogP contribution in [0.4, 0.5) is 5.69 Å². The molecular weight excluding hydrogens is 322 g/mol. The molecule has 0 bridgehead atoms. The van der Waals surface area contributed by atoms with Crippen molar-refractivity contribution in [1.29, 1.82) is 0 Å². The highest BCUT2D eigenvalue weighted by Crippen LogP contribution is 2.22. The molecule has 1 heterocycles. The number of hydrogen-bond acceptors (Lipinski definition) is 5. The van der Waals surface area contributed by atoms with Gasteiger partial charge in [0.1, 0.15) is 0 Å². The van der Waals surface area contributed by atoms with Crippen molar-refractivity contribution < 1.29 is 17.6 Å². The lowest BCUT2D eigenvalue weighted by atomic mass is 10.2. The fraction of sp³-hybridized carbons (Fsp3) is 0. The van der Waals surface area contributed by atoms with Gasteiger partial charge in [-0.3, -0.25) is 14.5 Å². The number of fused-ring (bicyclic) bond motifs is 1. The van der Waals surface area contributed by atoms with Crippen LogP contribution in [0.3, 0.4) is 0 Å². The Hall–Kier alpha value is -3.07. The Morgan fingerprint density at radius 2 is 1.91 bits per heavy atom. The quantitative estimate of drug-likeness (QED) is 0.655. The van der Waals surface area contributed by atoms with Gasteiger partial charge in [-0.1, -0.05) is 12.1 Å². The van der Waals surface area contributed by atoms with Crippen LogP contribution in [-0.4, -0.2) is 19.3 Å². The van der Waals surface area contributed by atoms with Gasteiger partial charge >= 0.3 is 5.76 Å². The zero-order valence-electron chi connectivity index (χ0n) is 11.6. The molecule has 1 aromatic heterocycles. The Morgan fingerprint density at radius 1 is 1.17 bits per heavy atom. The van der Waals surface area contributed by atoms with E-state index in [2.05, 4.69) is 9.71 Å². The number of nitrogens with one attached hydrogen (secondary N) is 2. The van der Waals surface area contributed by atoms with Crippen LogP contribution in [0.25, 0.3) is 11.1 Å². The maximum Gasteiger partial charge on any atom is 0.417 e. The van der Waals surface area contributed by atoms with Gasteiger partial charge in [0.05, 0.1) is 21.7 Å². The minimum Gasteiger partial charge on any atom is -0.408 e. The molecule has 0 aliphatic rings. The van der Waals surface area contributed by atoms with Crippen molar-refractivity contribution in [3.63, 3.8) is 0 Å². The summed E-state index contributed by atoms with van der Waals surface area (Å²) in [6, 6.07) is 9.90. The summed E-state index contributed by atoms with van der Waals surface area (Å²) in [6.07, 6.45) is 0. The number of aromatic nitrogens is 1. The third-order valence-corrected chi connectivity index (χ3v) is 4.50. The number of sulfonamides is 1. The summed E-state index contributed by atoms with van der Waals surface area (Å²) in [5.74, 6) is -1.43. The van der Waals surface area contributed by atoms with E-state index in [0.29, 0.717) is 5.52 Å². The second-order valence-corrected chi connectivity index (χ2v) is 6.37. The lowest BCUT2D eigenvalue weighted by molar-refractivity contribution is 0.100. The van der Waals surface area contributed by atoms with E-state index in [1.54, 1.807) is 12.1 Å². The van der Waals surface area contributed by atoms with Gasteiger partial charge in [-0.25, -0.2) is 13.2 Å². The van der Waals surface area contributed by atoms with Gasteiger partial charge in [-0.2, -0.15) is 0 Å². The van der Waals surface area contributed by atoms with Crippen molar-refractivity contribution in [3.8, 4) is 0 Å². The number of amides is 1. The van der Waals surface area contributed by atoms with Crippen molar-refractivity contribution in [2.75, 3.05) is 4.72 Å². The Labute approximate surface area is 130 Å². The van der Waals surface area contributed by atoms with Crippen LogP contribution in [0.1, 0.15) is 10.4 Å². The van der Waals surface area contributed by atoms with E-state index >= 15 is 0 Å². The third kappa shape index (κ3) is 2.81. The number of benzene rings is 2. The van der Waals surface area contributed by atoms with E-state index in [1.165, 1.54) is 30.3 Å². The molecule has 0 atom stereocenters. The van der Waals surface area contributed by atoms with Crippen molar-refractivity contribution in [2.24, 2.45) is 5.73 Å². The van der Waals surface area contributed by atoms with E-state index in [0.717, 1.165) is 0 Å². The number of nitrogens with two attached hydrogens (primary N) is 1. The fourth-order valence-electron chi connectivity index (χ4n) is 2.08. The summed E-state index contributed by atoms with van der Waals surface area (Å²) in [5.41, 5.74) is 5.83. The maximum atomic E-state index is 12.4. The molecule has 9 heteroatoms. The van der Waals surface area contributed by atoms with Gasteiger partial charge in [-0.15, -0.1) is 0 Å². The smallest absolute Gasteiger partial charge is 0.408 e. The molecule has 0 radical (unpaired) electrons. The molecule has 0 aliphatic carbocycles. The van der Waals surface area contributed by atoms with E-state index in [1.807, 2.05) is 0 Å². The Bertz CT molecular complexity index is 1070. The number of primary amides is 1. The number of rotatable bonds is 4. The number of para-hydroxylation sites is 1. The lowest BCUT2D eigenvalue weighted by Gasteiger charge is -2.10. The van der Waals surface area contributed by atoms with Crippen molar-refractivity contribution in [2.45, 2.75) is 4.90 Å². The van der Waals surface area contributed by atoms with Crippen molar-refractivity contribution in [1.82, 2.24) is 4.98 Å². The SMILES string of the molecule is NC(=O)c1ccccc1NS(=O)(=O)c1ccc2[nH]c(=O)oc2c1. The molecular formula is C14H11N3O5S. The summed E-state index contributed by atoms with van der Waals surface area (Å²) < 4.78 is 32.0. The molecule has 3 rings (SSSR count). The van der Waals surface area contributed by atoms with E-state index in [4.69, 9.17) is 10.2 Å². The normalized spacial score (nSPS) is 11.5. The number of aromatic amines is 1. The van der Waals surface area contributed by atoms with Crippen LogP contribution in [-0.2, 0) is 10.0 Å². The summed E-state index contributed by atoms with van der Waals surface area (Å²) in [7, 11) is -3.99. The maximum absolute atomic E-state index is 12.4. The predicted molar refractivity (Wildman–Crippen MR) is 82.6 cm³/mol. The highest BCUT2D eigenvalue weighted by Gasteiger charge is 2.18. The molecule has 2 aromatic carbocycles. The van der Waals surface area contributed by atoms with Crippen molar-refractivity contribution in [3.05, 3.63) is 58.6 Å². The topological polar surface area (TPSA) is 135 Å². The molecule has 118 valence electrons. The molecule has 3 aromatic rings. The summed E-state index contributed by atoms with van der Waals surface area (Å²) in [4.78, 5) is 24.8. The number of H-pyrrole nitrogens is 1. The highest BCUT2D eigenvalue weighted by atomic mass is 32.2. The fourth-order valence-corrected chi connectivity index (χ4v) is 3.18. The van der Waals surface area contributed by atoms with Crippen molar-refractivity contribution >= 4 is 32.7 Å². The number of carbonyl (C=O) groups is 1. The average Bonchev–Trinajstić information content (AvgIpc) is 2.86. The minimum atomic E-state index is -3.99. The summed E-state index contributed by atoms with van der Waals surface area (Å²) in [5, 5.41) is 0. The van der Waals surface area contributed by atoms with Crippen LogP contribution >= 0.6 is 0 Å². The molecule has 0 saturated carbocycles. The number of oxazole rings is 1. The average molecular weight is 333 g/mol. The second-order valence-electron chi connectivity index (χ2n) is 4.69. The standard InChI is InChI=1S/C14H11N3O5S/c15-13(18)9-3-1-2-4-10(9)17-23(20,21)8-5-6-11-12(7-8)22-14(19)16-11/h1-7,17H,(H2,15,18)(H,16,19). The van der Waals surface area contributed by atoms with Gasteiger partial charge in [0.2, 0.25) is 0 Å². The number of anilines is 1. The Kier molecular flexibility index (Phi) is 3.41. The van der Waals surface area contributed by atoms with E-state index < -0.39 is 21.7 Å². The first kappa shape index (κ1) is 14.9. The second kappa shape index (κ2) is 5.29. The number of hydrogen-bond donors (Lipinski definition) is 3. The molecule has 0 aliphatic heterocycles. The molecule has 4 N–H and O–H groups in total. The highest BCUT2D eigenvalue weighted by molar-refractivity contribution is 7.92. The van der Waals surface area contributed by atoms with E-state index in [-0.39, 0.29) is 21.7 Å². The summed E-state index contributed by atoms with van der Waals surface area (Å²) in [6.45, 7) is 0. The largest absolute Gasteiger partial charge is 0.417 e. The van der Waals surface area contributed by atoms with Gasteiger partial charge in [0.15, 0.2) is 5.58 Å². The zero-order valence-corrected chi connectivity index (χ0v) is 12.4. The third-order valence-electron chi connectivity index (χ3n) is 3.14. The first-order valence-electron chi connectivity index (χ1n) is 6.41. The molecule has 0 fully saturated rings. The first-order valence-corrected chi connectivity index (χ1v) is 7.90. The van der Waals surface area contributed by atoms with E-state index in [9.17, 15) is 18.0 Å². The monoisotopic (exact) mass is 333 g/mol. The van der Waals surface area contributed by atoms with Crippen LogP contribution in [0, 0.1) is 0 Å². The van der Waals surface area contributed by atoms with Crippen LogP contribution < -0.4 is 16.2 Å². The summed E-state index contributed by atoms with van der Waals surface area (Å²) >= 11 is 0. The van der Waals surface area contributed by atoms with Gasteiger partial charge in [0, 0.05) is 6.07 Å². The van der Waals surface area contributed by atoms with Gasteiger partial charge in [-0.05, 0) is 24.3 Å². The lowest BCUT2D eigenvalue weighted by Crippen LogP contribution is -2.18. The molecule has 0 unspecified atom stereocenters. The van der Waals surface area contributed by atoms with Gasteiger partial charge in [0.25, 0.3) is 15.9 Å². The predicted octanol–water partition coefficient (Wildman–Crippen LogP) is 1.02. The minimum absolute atomic E-state index is 0.0466. The van der Waals surface area contributed by atoms with Crippen LogP contribution in [0.5, 0.6) is 0 Å². The van der Waals surface area contributed by atoms with Gasteiger partial charge < -0.3 is 10.2 Å². The number of carbonyl (C=O) groups excluding carboxylic acids is 1.